The van der Waals surface area contributed by atoms with Crippen LogP contribution in [0.25, 0.3) is 0 Å². The standard InChI is InChI=1S/C16H24N2O2S/c1-5-8-18-9-6-12-11-14(21-13(12)7-10-18)17-15(19)20-16(2,3)4/h5,11H,1,6-10H2,2-4H3,(H,17,19). The Balaban J connectivity index is 1.96. The number of ether oxygens (including phenoxy) is 1. The fraction of sp³-hybridized carbons (Fsp3) is 0.562. The molecule has 2 rings (SSSR count). The van der Waals surface area contributed by atoms with Crippen LogP contribution in [0.1, 0.15) is 31.2 Å². The molecule has 4 nitrogen and oxygen atoms in total. The van der Waals surface area contributed by atoms with E-state index in [0.717, 1.165) is 37.5 Å². The van der Waals surface area contributed by atoms with E-state index in [0.29, 0.717) is 0 Å². The molecule has 0 saturated carbocycles. The first-order valence-corrected chi connectivity index (χ1v) is 8.14. The van der Waals surface area contributed by atoms with E-state index in [4.69, 9.17) is 4.74 Å². The monoisotopic (exact) mass is 308 g/mol. The van der Waals surface area contributed by atoms with Gasteiger partial charge in [0, 0.05) is 24.5 Å². The molecule has 1 aromatic rings. The molecule has 0 radical (unpaired) electrons. The molecule has 0 unspecified atom stereocenters. The summed E-state index contributed by atoms with van der Waals surface area (Å²) in [4.78, 5) is 15.6. The fourth-order valence-electron chi connectivity index (χ4n) is 2.37. The quantitative estimate of drug-likeness (QED) is 0.866. The Kier molecular flexibility index (Phi) is 5.06. The van der Waals surface area contributed by atoms with Gasteiger partial charge in [-0.05, 0) is 45.2 Å². The summed E-state index contributed by atoms with van der Waals surface area (Å²) in [6.07, 6.45) is 3.63. The van der Waals surface area contributed by atoms with E-state index in [2.05, 4.69) is 22.9 Å². The third-order valence-electron chi connectivity index (χ3n) is 3.26. The number of anilines is 1. The van der Waals surface area contributed by atoms with Crippen LogP contribution >= 0.6 is 11.3 Å². The second-order valence-electron chi connectivity index (χ2n) is 6.28. The number of thiophene rings is 1. The first-order chi connectivity index (χ1) is 9.87. The Bertz CT molecular complexity index is 491. The summed E-state index contributed by atoms with van der Waals surface area (Å²) in [7, 11) is 0. The lowest BCUT2D eigenvalue weighted by Crippen LogP contribution is -2.27. The average molecular weight is 308 g/mol. The zero-order valence-electron chi connectivity index (χ0n) is 13.1. The largest absolute Gasteiger partial charge is 0.444 e. The van der Waals surface area contributed by atoms with E-state index in [1.54, 1.807) is 11.3 Å². The number of hydrogen-bond donors (Lipinski definition) is 1. The van der Waals surface area contributed by atoms with Gasteiger partial charge in [0.05, 0.1) is 5.00 Å². The highest BCUT2D eigenvalue weighted by atomic mass is 32.1. The van der Waals surface area contributed by atoms with E-state index in [1.807, 2.05) is 26.8 Å². The third kappa shape index (κ3) is 4.86. The summed E-state index contributed by atoms with van der Waals surface area (Å²) in [5.74, 6) is 0. The van der Waals surface area contributed by atoms with Crippen molar-refractivity contribution in [2.24, 2.45) is 0 Å². The van der Waals surface area contributed by atoms with Crippen LogP contribution in [0.3, 0.4) is 0 Å². The van der Waals surface area contributed by atoms with Gasteiger partial charge in [0.15, 0.2) is 0 Å². The predicted octanol–water partition coefficient (Wildman–Crippen LogP) is 3.68. The van der Waals surface area contributed by atoms with Crippen LogP contribution < -0.4 is 5.32 Å². The molecule has 1 N–H and O–H groups in total. The van der Waals surface area contributed by atoms with Gasteiger partial charge >= 0.3 is 6.09 Å². The molecule has 1 aliphatic heterocycles. The van der Waals surface area contributed by atoms with Gasteiger partial charge in [0.25, 0.3) is 0 Å². The minimum absolute atomic E-state index is 0.382. The predicted molar refractivity (Wildman–Crippen MR) is 88.2 cm³/mol. The Hall–Kier alpha value is -1.33. The van der Waals surface area contributed by atoms with E-state index >= 15 is 0 Å². The van der Waals surface area contributed by atoms with Crippen molar-refractivity contribution in [2.45, 2.75) is 39.2 Å². The molecule has 21 heavy (non-hydrogen) atoms. The molecule has 0 aliphatic carbocycles. The van der Waals surface area contributed by atoms with E-state index in [-0.39, 0.29) is 6.09 Å². The van der Waals surface area contributed by atoms with E-state index in [1.165, 1.54) is 10.4 Å². The number of amides is 1. The highest BCUT2D eigenvalue weighted by molar-refractivity contribution is 7.16. The number of nitrogens with zero attached hydrogens (tertiary/aromatic N) is 1. The second-order valence-corrected chi connectivity index (χ2v) is 7.41. The van der Waals surface area contributed by atoms with Crippen LogP contribution in [-0.2, 0) is 17.6 Å². The summed E-state index contributed by atoms with van der Waals surface area (Å²) >= 11 is 1.66. The molecular weight excluding hydrogens is 284 g/mol. The van der Waals surface area contributed by atoms with Crippen molar-refractivity contribution in [1.29, 1.82) is 0 Å². The van der Waals surface area contributed by atoms with Crippen LogP contribution in [0.2, 0.25) is 0 Å². The summed E-state index contributed by atoms with van der Waals surface area (Å²) in [5, 5.41) is 3.72. The van der Waals surface area contributed by atoms with E-state index < -0.39 is 5.60 Å². The molecule has 0 bridgehead atoms. The van der Waals surface area contributed by atoms with Gasteiger partial charge in [-0.1, -0.05) is 6.08 Å². The van der Waals surface area contributed by atoms with Crippen molar-refractivity contribution in [3.05, 3.63) is 29.2 Å². The van der Waals surface area contributed by atoms with Gasteiger partial charge in [-0.25, -0.2) is 4.79 Å². The van der Waals surface area contributed by atoms with Gasteiger partial charge in [0.2, 0.25) is 0 Å². The summed E-state index contributed by atoms with van der Waals surface area (Å²) in [6.45, 7) is 12.4. The van der Waals surface area contributed by atoms with Crippen LogP contribution in [-0.4, -0.2) is 36.2 Å². The van der Waals surface area contributed by atoms with Crippen LogP contribution in [0.5, 0.6) is 0 Å². The Morgan fingerprint density at radius 3 is 2.86 bits per heavy atom. The maximum atomic E-state index is 11.8. The van der Waals surface area contributed by atoms with E-state index in [9.17, 15) is 4.79 Å². The van der Waals surface area contributed by atoms with Gasteiger partial charge in [-0.2, -0.15) is 0 Å². The number of fused-ring (bicyclic) bond motifs is 1. The molecule has 1 amide bonds. The molecule has 0 aromatic carbocycles. The lowest BCUT2D eigenvalue weighted by molar-refractivity contribution is 0.0636. The molecule has 0 saturated heterocycles. The van der Waals surface area contributed by atoms with Gasteiger partial charge in [0.1, 0.15) is 5.60 Å². The van der Waals surface area contributed by atoms with Crippen molar-refractivity contribution in [3.8, 4) is 0 Å². The van der Waals surface area contributed by atoms with Crippen molar-refractivity contribution < 1.29 is 9.53 Å². The Morgan fingerprint density at radius 1 is 1.48 bits per heavy atom. The summed E-state index contributed by atoms with van der Waals surface area (Å²) in [5.41, 5.74) is 0.876. The lowest BCUT2D eigenvalue weighted by Gasteiger charge is -2.19. The van der Waals surface area contributed by atoms with Crippen LogP contribution in [0, 0.1) is 0 Å². The number of nitrogens with one attached hydrogen (secondary N) is 1. The van der Waals surface area contributed by atoms with Crippen LogP contribution in [0.15, 0.2) is 18.7 Å². The zero-order chi connectivity index (χ0) is 15.5. The van der Waals surface area contributed by atoms with Crippen molar-refractivity contribution in [3.63, 3.8) is 0 Å². The minimum Gasteiger partial charge on any atom is -0.444 e. The number of carbonyl (C=O) groups is 1. The highest BCUT2D eigenvalue weighted by Gasteiger charge is 2.19. The Morgan fingerprint density at radius 2 is 2.19 bits per heavy atom. The molecule has 2 heterocycles. The average Bonchev–Trinajstić information content (AvgIpc) is 2.63. The van der Waals surface area contributed by atoms with Gasteiger partial charge < -0.3 is 4.74 Å². The van der Waals surface area contributed by atoms with Crippen molar-refractivity contribution in [1.82, 2.24) is 4.90 Å². The third-order valence-corrected chi connectivity index (χ3v) is 4.41. The molecule has 1 aliphatic rings. The minimum atomic E-state index is -0.469. The first kappa shape index (κ1) is 16.0. The Labute approximate surface area is 130 Å². The van der Waals surface area contributed by atoms with Crippen molar-refractivity contribution in [2.75, 3.05) is 25.0 Å². The smallest absolute Gasteiger partial charge is 0.412 e. The zero-order valence-corrected chi connectivity index (χ0v) is 13.9. The van der Waals surface area contributed by atoms with Gasteiger partial charge in [-0.15, -0.1) is 17.9 Å². The highest BCUT2D eigenvalue weighted by Crippen LogP contribution is 2.30. The number of hydrogen-bond acceptors (Lipinski definition) is 4. The number of rotatable bonds is 3. The lowest BCUT2D eigenvalue weighted by atomic mass is 10.2. The maximum absolute atomic E-state index is 11.8. The molecule has 0 spiro atoms. The van der Waals surface area contributed by atoms with Crippen LogP contribution in [0.4, 0.5) is 9.80 Å². The van der Waals surface area contributed by atoms with Gasteiger partial charge in [-0.3, -0.25) is 10.2 Å². The normalized spacial score (nSPS) is 16.0. The molecule has 116 valence electrons. The second kappa shape index (κ2) is 6.62. The van der Waals surface area contributed by atoms with Crippen molar-refractivity contribution >= 4 is 22.4 Å². The summed E-state index contributed by atoms with van der Waals surface area (Å²) < 4.78 is 5.28. The molecule has 5 heteroatoms. The fourth-order valence-corrected chi connectivity index (χ4v) is 3.46. The SMILES string of the molecule is C=CCN1CCc2cc(NC(=O)OC(C)(C)C)sc2CC1. The molecule has 1 aromatic heterocycles. The summed E-state index contributed by atoms with van der Waals surface area (Å²) in [6, 6.07) is 2.08. The molecule has 0 fully saturated rings. The molecular formula is C16H24N2O2S. The molecule has 0 atom stereocenters. The number of carbonyl (C=O) groups excluding carboxylic acids is 1. The first-order valence-electron chi connectivity index (χ1n) is 7.32. The maximum Gasteiger partial charge on any atom is 0.412 e. The topological polar surface area (TPSA) is 41.6 Å².